The van der Waals surface area contributed by atoms with Gasteiger partial charge in [0.1, 0.15) is 0 Å². The van der Waals surface area contributed by atoms with Crippen molar-refractivity contribution in [1.29, 1.82) is 0 Å². The zero-order chi connectivity index (χ0) is 39.1. The van der Waals surface area contributed by atoms with Crippen LogP contribution in [0.25, 0.3) is 44.1 Å². The molecule has 12 rings (SSSR count). The molecule has 1 spiro atoms. The van der Waals surface area contributed by atoms with Gasteiger partial charge in [0, 0.05) is 57.5 Å². The Labute approximate surface area is 344 Å². The minimum absolute atomic E-state index is 0.459. The van der Waals surface area contributed by atoms with Crippen LogP contribution in [0.5, 0.6) is 0 Å². The number of aromatic nitrogens is 1. The van der Waals surface area contributed by atoms with Gasteiger partial charge < -0.3 is 14.4 Å². The van der Waals surface area contributed by atoms with E-state index in [0.717, 1.165) is 34.1 Å². The van der Waals surface area contributed by atoms with Crippen LogP contribution in [-0.4, -0.2) is 4.57 Å². The van der Waals surface area contributed by atoms with Crippen molar-refractivity contribution in [1.82, 2.24) is 4.57 Å². The Kier molecular flexibility index (Phi) is 7.36. The van der Waals surface area contributed by atoms with Crippen LogP contribution in [0.2, 0.25) is 0 Å². The second-order valence-corrected chi connectivity index (χ2v) is 15.8. The highest BCUT2D eigenvalue weighted by Crippen LogP contribution is 2.63. The van der Waals surface area contributed by atoms with E-state index in [1.165, 1.54) is 66.3 Å². The highest BCUT2D eigenvalue weighted by Gasteiger charge is 2.51. The predicted molar refractivity (Wildman–Crippen MR) is 246 cm³/mol. The molecule has 2 aliphatic rings. The van der Waals surface area contributed by atoms with E-state index in [2.05, 4.69) is 240 Å². The maximum absolute atomic E-state index is 2.43. The van der Waals surface area contributed by atoms with Gasteiger partial charge in [0.2, 0.25) is 0 Å². The van der Waals surface area contributed by atoms with E-state index in [4.69, 9.17) is 0 Å². The lowest BCUT2D eigenvalue weighted by molar-refractivity contribution is 0.793. The number of fused-ring (bicyclic) bond motifs is 13. The molecular formula is C56H39N3. The molecule has 1 heterocycles. The first-order chi connectivity index (χ1) is 29.2. The summed E-state index contributed by atoms with van der Waals surface area (Å²) in [6, 6.07) is 80.3. The summed E-state index contributed by atoms with van der Waals surface area (Å²) in [5, 5.41) is 2.54. The minimum Gasteiger partial charge on any atom is -0.344 e. The van der Waals surface area contributed by atoms with E-state index in [1.807, 2.05) is 0 Å². The molecule has 0 fully saturated rings. The van der Waals surface area contributed by atoms with Gasteiger partial charge in [-0.3, -0.25) is 0 Å². The van der Waals surface area contributed by atoms with Crippen molar-refractivity contribution in [2.24, 2.45) is 7.05 Å². The van der Waals surface area contributed by atoms with Crippen molar-refractivity contribution in [3.05, 3.63) is 241 Å². The number of hydrogen-bond donors (Lipinski definition) is 0. The van der Waals surface area contributed by atoms with Crippen LogP contribution >= 0.6 is 0 Å². The molecule has 9 aromatic carbocycles. The molecule has 3 heteroatoms. The molecule has 0 N–H and O–H groups in total. The number of benzene rings is 9. The standard InChI is InChI=1S/C56H39N3/c1-57-54-28-16-13-25-46(54)47-32-29-43(37-55(47)57)59(40-21-9-4-10-22-40)42-31-34-53-49(36-42)45-24-12-15-27-51(45)56(53)50-26-14-11-23-44(50)48-35-41(30-33-52(48)56)58(38-17-5-2-6-18-38)39-19-7-3-8-20-39/h2-37H,1H3. The average molecular weight is 754 g/mol. The van der Waals surface area contributed by atoms with Crippen molar-refractivity contribution in [3.8, 4) is 22.3 Å². The SMILES string of the molecule is Cn1c2ccccc2c2ccc(N(c3ccccc3)c3ccc4c(c3)-c3ccccc3C43c4ccccc4-c4cc(N(c5ccccc5)c5ccccc5)ccc43)cc21. The van der Waals surface area contributed by atoms with E-state index >= 15 is 0 Å². The zero-order valence-corrected chi connectivity index (χ0v) is 32.6. The fraction of sp³-hybridized carbons (Fsp3) is 0.0357. The lowest BCUT2D eigenvalue weighted by Crippen LogP contribution is -2.26. The van der Waals surface area contributed by atoms with Gasteiger partial charge in [-0.1, -0.05) is 140 Å². The number of aryl methyl sites for hydroxylation is 1. The van der Waals surface area contributed by atoms with Crippen molar-refractivity contribution in [2.45, 2.75) is 5.41 Å². The fourth-order valence-electron chi connectivity index (χ4n) is 10.3. The summed E-state index contributed by atoms with van der Waals surface area (Å²) in [7, 11) is 2.17. The Balaban J connectivity index is 1.06. The lowest BCUT2D eigenvalue weighted by Gasteiger charge is -2.32. The molecule has 0 bridgehead atoms. The zero-order valence-electron chi connectivity index (χ0n) is 32.6. The van der Waals surface area contributed by atoms with E-state index in [1.54, 1.807) is 0 Å². The third-order valence-electron chi connectivity index (χ3n) is 12.8. The van der Waals surface area contributed by atoms with Gasteiger partial charge in [-0.2, -0.15) is 0 Å². The Morgan fingerprint density at radius 2 is 0.695 bits per heavy atom. The first-order valence-corrected chi connectivity index (χ1v) is 20.4. The largest absolute Gasteiger partial charge is 0.344 e. The van der Waals surface area contributed by atoms with Crippen LogP contribution < -0.4 is 9.80 Å². The number of hydrogen-bond acceptors (Lipinski definition) is 2. The predicted octanol–water partition coefficient (Wildman–Crippen LogP) is 14.6. The fourth-order valence-corrected chi connectivity index (χ4v) is 10.3. The summed E-state index contributed by atoms with van der Waals surface area (Å²) < 4.78 is 2.32. The first kappa shape index (κ1) is 33.5. The van der Waals surface area contributed by atoms with Crippen LogP contribution in [0.1, 0.15) is 22.3 Å². The van der Waals surface area contributed by atoms with E-state index < -0.39 is 5.41 Å². The van der Waals surface area contributed by atoms with E-state index in [9.17, 15) is 0 Å². The summed E-state index contributed by atoms with van der Waals surface area (Å²) in [5.41, 5.74) is 19.2. The maximum Gasteiger partial charge on any atom is 0.0725 e. The van der Waals surface area contributed by atoms with Gasteiger partial charge in [0.15, 0.2) is 0 Å². The molecule has 10 aromatic rings. The molecule has 0 aliphatic heterocycles. The normalized spacial score (nSPS) is 14.6. The van der Waals surface area contributed by atoms with Crippen molar-refractivity contribution < 1.29 is 0 Å². The molecule has 0 saturated carbocycles. The van der Waals surface area contributed by atoms with Crippen molar-refractivity contribution in [3.63, 3.8) is 0 Å². The van der Waals surface area contributed by atoms with E-state index in [0.29, 0.717) is 0 Å². The Morgan fingerprint density at radius 1 is 0.305 bits per heavy atom. The molecule has 2 aliphatic carbocycles. The molecule has 1 unspecified atom stereocenters. The van der Waals surface area contributed by atoms with Crippen LogP contribution in [0.4, 0.5) is 34.1 Å². The lowest BCUT2D eigenvalue weighted by atomic mass is 9.70. The van der Waals surface area contributed by atoms with Gasteiger partial charge in [-0.25, -0.2) is 0 Å². The van der Waals surface area contributed by atoms with Crippen molar-refractivity contribution >= 4 is 55.9 Å². The van der Waals surface area contributed by atoms with Gasteiger partial charge in [-0.15, -0.1) is 0 Å². The number of rotatable bonds is 6. The molecule has 0 saturated heterocycles. The molecule has 0 amide bonds. The number of nitrogens with zero attached hydrogens (tertiary/aromatic N) is 3. The van der Waals surface area contributed by atoms with Crippen LogP contribution in [0.3, 0.4) is 0 Å². The van der Waals surface area contributed by atoms with Gasteiger partial charge in [0.05, 0.1) is 10.9 Å². The maximum atomic E-state index is 2.43. The summed E-state index contributed by atoms with van der Waals surface area (Å²) in [4.78, 5) is 4.78. The Bertz CT molecular complexity index is 3200. The highest BCUT2D eigenvalue weighted by atomic mass is 15.1. The minimum atomic E-state index is -0.459. The van der Waals surface area contributed by atoms with Crippen LogP contribution in [-0.2, 0) is 12.5 Å². The van der Waals surface area contributed by atoms with Crippen molar-refractivity contribution in [2.75, 3.05) is 9.80 Å². The highest BCUT2D eigenvalue weighted by molar-refractivity contribution is 6.09. The average Bonchev–Trinajstić information content (AvgIpc) is 3.88. The quantitative estimate of drug-likeness (QED) is 0.168. The third-order valence-corrected chi connectivity index (χ3v) is 12.8. The second kappa shape index (κ2) is 13.0. The van der Waals surface area contributed by atoms with Crippen LogP contribution in [0.15, 0.2) is 218 Å². The monoisotopic (exact) mass is 753 g/mol. The van der Waals surface area contributed by atoms with Gasteiger partial charge >= 0.3 is 0 Å². The molecule has 278 valence electrons. The molecule has 1 atom stereocenters. The molecule has 1 aromatic heterocycles. The number of anilines is 6. The van der Waals surface area contributed by atoms with Gasteiger partial charge in [0.25, 0.3) is 0 Å². The molecule has 3 nitrogen and oxygen atoms in total. The molecule has 59 heavy (non-hydrogen) atoms. The third kappa shape index (κ3) is 4.82. The first-order valence-electron chi connectivity index (χ1n) is 20.4. The second-order valence-electron chi connectivity index (χ2n) is 15.8. The topological polar surface area (TPSA) is 11.4 Å². The Morgan fingerprint density at radius 3 is 1.24 bits per heavy atom. The smallest absolute Gasteiger partial charge is 0.0725 e. The summed E-state index contributed by atoms with van der Waals surface area (Å²) in [6.45, 7) is 0. The van der Waals surface area contributed by atoms with Gasteiger partial charge in [-0.05, 0) is 123 Å². The number of para-hydroxylation sites is 4. The Hall–Kier alpha value is -7.62. The molecule has 0 radical (unpaired) electrons. The summed E-state index contributed by atoms with van der Waals surface area (Å²) >= 11 is 0. The van der Waals surface area contributed by atoms with E-state index in [-0.39, 0.29) is 0 Å². The van der Waals surface area contributed by atoms with Crippen LogP contribution in [0, 0.1) is 0 Å². The summed E-state index contributed by atoms with van der Waals surface area (Å²) in [5.74, 6) is 0. The molecular weight excluding hydrogens is 715 g/mol. The summed E-state index contributed by atoms with van der Waals surface area (Å²) in [6.07, 6.45) is 0.